The Bertz CT molecular complexity index is 1040. The summed E-state index contributed by atoms with van der Waals surface area (Å²) in [5, 5.41) is 0. The van der Waals surface area contributed by atoms with E-state index in [1.54, 1.807) is 0 Å². The zero-order valence-electron chi connectivity index (χ0n) is 17.3. The van der Waals surface area contributed by atoms with Crippen LogP contribution in [0.1, 0.15) is 28.9 Å². The van der Waals surface area contributed by atoms with Crippen molar-refractivity contribution in [3.63, 3.8) is 0 Å². The van der Waals surface area contributed by atoms with Crippen molar-refractivity contribution in [1.82, 2.24) is 14.8 Å². The Labute approximate surface area is 181 Å². The van der Waals surface area contributed by atoms with Crippen LogP contribution in [0.25, 0.3) is 11.3 Å². The van der Waals surface area contributed by atoms with Crippen LogP contribution in [0.5, 0.6) is 11.5 Å². The number of hydrogen-bond acceptors (Lipinski definition) is 6. The van der Waals surface area contributed by atoms with E-state index >= 15 is 0 Å². The number of amides is 1. The van der Waals surface area contributed by atoms with Gasteiger partial charge >= 0.3 is 0 Å². The zero-order valence-corrected chi connectivity index (χ0v) is 17.3. The van der Waals surface area contributed by atoms with Gasteiger partial charge in [-0.2, -0.15) is 0 Å². The average molecular weight is 419 g/mol. The van der Waals surface area contributed by atoms with Crippen LogP contribution in [0, 0.1) is 0 Å². The second-order valence-corrected chi connectivity index (χ2v) is 7.86. The van der Waals surface area contributed by atoms with Crippen molar-refractivity contribution in [3.05, 3.63) is 66.2 Å². The molecular weight excluding hydrogens is 394 g/mol. The second kappa shape index (κ2) is 8.81. The van der Waals surface area contributed by atoms with E-state index < -0.39 is 0 Å². The highest BCUT2D eigenvalue weighted by Crippen LogP contribution is 2.33. The lowest BCUT2D eigenvalue weighted by Crippen LogP contribution is -2.38. The summed E-state index contributed by atoms with van der Waals surface area (Å²) in [4.78, 5) is 22.1. The highest BCUT2D eigenvalue weighted by Gasteiger charge is 2.25. The van der Waals surface area contributed by atoms with Crippen molar-refractivity contribution in [3.8, 4) is 22.8 Å². The maximum Gasteiger partial charge on any atom is 0.276 e. The van der Waals surface area contributed by atoms with Crippen LogP contribution >= 0.6 is 0 Å². The van der Waals surface area contributed by atoms with Crippen LogP contribution in [0.2, 0.25) is 0 Å². The summed E-state index contributed by atoms with van der Waals surface area (Å²) in [5.41, 5.74) is 2.17. The molecule has 0 N–H and O–H groups in total. The van der Waals surface area contributed by atoms with E-state index in [0.29, 0.717) is 24.5 Å². The van der Waals surface area contributed by atoms with Gasteiger partial charge in [-0.3, -0.25) is 4.79 Å². The monoisotopic (exact) mass is 419 g/mol. The van der Waals surface area contributed by atoms with Crippen molar-refractivity contribution >= 4 is 5.91 Å². The van der Waals surface area contributed by atoms with Gasteiger partial charge in [-0.25, -0.2) is 4.98 Å². The fourth-order valence-electron chi connectivity index (χ4n) is 4.12. The van der Waals surface area contributed by atoms with Crippen LogP contribution in [0.4, 0.5) is 0 Å². The minimum atomic E-state index is -0.135. The van der Waals surface area contributed by atoms with Gasteiger partial charge in [-0.1, -0.05) is 36.4 Å². The topological polar surface area (TPSA) is 68.0 Å². The number of carbonyl (C=O) groups excluding carboxylic acids is 1. The van der Waals surface area contributed by atoms with Gasteiger partial charge in [0.1, 0.15) is 0 Å². The SMILES string of the molecule is O=C(c1ncoc1-c1ccccc1)N(CCN1CCCC1)Cc1ccc2c(c1)OCO2. The molecule has 2 aliphatic heterocycles. The molecule has 1 aromatic heterocycles. The van der Waals surface area contributed by atoms with Crippen molar-refractivity contribution in [1.29, 1.82) is 0 Å². The third kappa shape index (κ3) is 4.27. The molecule has 0 saturated carbocycles. The number of hydrogen-bond donors (Lipinski definition) is 0. The maximum atomic E-state index is 13.6. The fourth-order valence-corrected chi connectivity index (χ4v) is 4.12. The highest BCUT2D eigenvalue weighted by molar-refractivity contribution is 5.97. The predicted octanol–water partition coefficient (Wildman–Crippen LogP) is 3.81. The Balaban J connectivity index is 1.40. The number of likely N-dealkylation sites (tertiary alicyclic amines) is 1. The number of benzene rings is 2. The van der Waals surface area contributed by atoms with E-state index in [9.17, 15) is 4.79 Å². The molecule has 0 unspecified atom stereocenters. The lowest BCUT2D eigenvalue weighted by Gasteiger charge is -2.25. The van der Waals surface area contributed by atoms with Crippen LogP contribution in [-0.4, -0.2) is 53.7 Å². The molecule has 2 aromatic carbocycles. The quantitative estimate of drug-likeness (QED) is 0.580. The number of aromatic nitrogens is 1. The molecule has 1 amide bonds. The molecule has 1 fully saturated rings. The number of ether oxygens (including phenoxy) is 2. The first-order chi connectivity index (χ1) is 15.3. The Morgan fingerprint density at radius 2 is 1.84 bits per heavy atom. The summed E-state index contributed by atoms with van der Waals surface area (Å²) < 4.78 is 16.5. The maximum absolute atomic E-state index is 13.6. The lowest BCUT2D eigenvalue weighted by molar-refractivity contribution is 0.0722. The van der Waals surface area contributed by atoms with Gasteiger partial charge in [0.25, 0.3) is 5.91 Å². The van der Waals surface area contributed by atoms with E-state index in [1.165, 1.54) is 19.2 Å². The zero-order chi connectivity index (χ0) is 21.0. The average Bonchev–Trinajstić information content (AvgIpc) is 3.58. The molecule has 0 bridgehead atoms. The summed E-state index contributed by atoms with van der Waals surface area (Å²) in [5.74, 6) is 1.82. The van der Waals surface area contributed by atoms with Crippen LogP contribution < -0.4 is 9.47 Å². The summed E-state index contributed by atoms with van der Waals surface area (Å²) >= 11 is 0. The molecule has 7 heteroatoms. The van der Waals surface area contributed by atoms with Crippen LogP contribution in [0.3, 0.4) is 0 Å². The fraction of sp³-hybridized carbons (Fsp3) is 0.333. The molecule has 0 radical (unpaired) electrons. The first-order valence-corrected chi connectivity index (χ1v) is 10.7. The van der Waals surface area contributed by atoms with E-state index in [-0.39, 0.29) is 12.7 Å². The summed E-state index contributed by atoms with van der Waals surface area (Å²) in [6.07, 6.45) is 3.78. The van der Waals surface area contributed by atoms with Gasteiger partial charge < -0.3 is 23.7 Å². The molecule has 5 rings (SSSR count). The standard InChI is InChI=1S/C24H25N3O4/c28-24(22-23(29-16-25-22)19-6-2-1-3-7-19)27(13-12-26-10-4-5-11-26)15-18-8-9-20-21(14-18)31-17-30-20/h1-3,6-9,14,16H,4-5,10-13,15,17H2. The number of nitrogens with zero attached hydrogens (tertiary/aromatic N) is 3. The largest absolute Gasteiger partial charge is 0.454 e. The minimum absolute atomic E-state index is 0.135. The summed E-state index contributed by atoms with van der Waals surface area (Å²) in [6, 6.07) is 15.4. The Hall–Kier alpha value is -3.32. The molecule has 0 atom stereocenters. The molecule has 0 aliphatic carbocycles. The third-order valence-corrected chi connectivity index (χ3v) is 5.79. The number of carbonyl (C=O) groups is 1. The van der Waals surface area contributed by atoms with Crippen molar-refractivity contribution in [2.45, 2.75) is 19.4 Å². The van der Waals surface area contributed by atoms with Crippen molar-refractivity contribution in [2.75, 3.05) is 33.0 Å². The molecule has 31 heavy (non-hydrogen) atoms. The number of fused-ring (bicyclic) bond motifs is 1. The van der Waals surface area contributed by atoms with Gasteiger partial charge in [0.2, 0.25) is 6.79 Å². The smallest absolute Gasteiger partial charge is 0.276 e. The summed E-state index contributed by atoms with van der Waals surface area (Å²) in [6.45, 7) is 4.33. The van der Waals surface area contributed by atoms with Crippen LogP contribution in [0.15, 0.2) is 59.3 Å². The summed E-state index contributed by atoms with van der Waals surface area (Å²) in [7, 11) is 0. The molecule has 3 aromatic rings. The van der Waals surface area contributed by atoms with E-state index in [4.69, 9.17) is 13.9 Å². The van der Waals surface area contributed by atoms with Gasteiger partial charge in [-0.15, -0.1) is 0 Å². The molecule has 0 spiro atoms. The molecular formula is C24H25N3O4. The van der Waals surface area contributed by atoms with Crippen molar-refractivity contribution < 1.29 is 18.7 Å². The molecule has 3 heterocycles. The second-order valence-electron chi connectivity index (χ2n) is 7.86. The van der Waals surface area contributed by atoms with E-state index in [2.05, 4.69) is 9.88 Å². The Kier molecular flexibility index (Phi) is 5.58. The van der Waals surface area contributed by atoms with Crippen molar-refractivity contribution in [2.24, 2.45) is 0 Å². The normalized spacial score (nSPS) is 15.4. The van der Waals surface area contributed by atoms with Gasteiger partial charge in [-0.05, 0) is 43.6 Å². The van der Waals surface area contributed by atoms with E-state index in [0.717, 1.165) is 42.3 Å². The Morgan fingerprint density at radius 1 is 1.03 bits per heavy atom. The molecule has 1 saturated heterocycles. The van der Waals surface area contributed by atoms with Gasteiger partial charge in [0.15, 0.2) is 29.3 Å². The molecule has 160 valence electrons. The first kappa shape index (κ1) is 19.6. The Morgan fingerprint density at radius 3 is 2.68 bits per heavy atom. The van der Waals surface area contributed by atoms with Gasteiger partial charge in [0, 0.05) is 25.2 Å². The lowest BCUT2D eigenvalue weighted by atomic mass is 10.1. The van der Waals surface area contributed by atoms with E-state index in [1.807, 2.05) is 53.4 Å². The van der Waals surface area contributed by atoms with Crippen LogP contribution in [-0.2, 0) is 6.54 Å². The third-order valence-electron chi connectivity index (χ3n) is 5.79. The number of rotatable bonds is 7. The number of oxazole rings is 1. The highest BCUT2D eigenvalue weighted by atomic mass is 16.7. The molecule has 2 aliphatic rings. The minimum Gasteiger partial charge on any atom is -0.454 e. The molecule has 7 nitrogen and oxygen atoms in total. The van der Waals surface area contributed by atoms with Gasteiger partial charge in [0.05, 0.1) is 0 Å². The first-order valence-electron chi connectivity index (χ1n) is 10.7. The predicted molar refractivity (Wildman–Crippen MR) is 115 cm³/mol.